The van der Waals surface area contributed by atoms with Crippen molar-refractivity contribution in [3.05, 3.63) is 59.4 Å². The highest BCUT2D eigenvalue weighted by Gasteiger charge is 2.19. The van der Waals surface area contributed by atoms with E-state index >= 15 is 0 Å². The summed E-state index contributed by atoms with van der Waals surface area (Å²) in [5.74, 6) is 0. The minimum Gasteiger partial charge on any atom is -0.369 e. The Morgan fingerprint density at radius 3 is 2.85 bits per heavy atom. The molecule has 1 N–H and O–H groups in total. The van der Waals surface area contributed by atoms with Crippen molar-refractivity contribution in [2.24, 2.45) is 0 Å². The molecule has 1 aromatic carbocycles. The molecule has 1 aromatic heterocycles. The quantitative estimate of drug-likeness (QED) is 0.941. The van der Waals surface area contributed by atoms with Gasteiger partial charge in [0, 0.05) is 48.8 Å². The molecule has 1 atom stereocenters. The zero-order valence-electron chi connectivity index (χ0n) is 11.3. The fourth-order valence-corrected chi connectivity index (χ4v) is 2.78. The molecule has 20 heavy (non-hydrogen) atoms. The van der Waals surface area contributed by atoms with Gasteiger partial charge in [0.05, 0.1) is 0 Å². The van der Waals surface area contributed by atoms with E-state index in [9.17, 15) is 0 Å². The number of aromatic nitrogens is 1. The molecule has 3 nitrogen and oxygen atoms in total. The topological polar surface area (TPSA) is 28.2 Å². The van der Waals surface area contributed by atoms with E-state index in [4.69, 9.17) is 11.6 Å². The van der Waals surface area contributed by atoms with Crippen molar-refractivity contribution in [2.45, 2.75) is 12.5 Å². The lowest BCUT2D eigenvalue weighted by Crippen LogP contribution is -2.51. The molecular weight excluding hydrogens is 270 g/mol. The van der Waals surface area contributed by atoms with E-state index in [1.54, 1.807) is 0 Å². The van der Waals surface area contributed by atoms with Crippen LogP contribution in [0.3, 0.4) is 0 Å². The number of nitrogens with one attached hydrogen (secondary N) is 1. The van der Waals surface area contributed by atoms with Crippen molar-refractivity contribution in [3.63, 3.8) is 0 Å². The van der Waals surface area contributed by atoms with Crippen LogP contribution in [0.5, 0.6) is 0 Å². The van der Waals surface area contributed by atoms with E-state index in [2.05, 4.69) is 33.4 Å². The summed E-state index contributed by atoms with van der Waals surface area (Å²) >= 11 is 5.95. The lowest BCUT2D eigenvalue weighted by Gasteiger charge is -2.35. The summed E-state index contributed by atoms with van der Waals surface area (Å²) in [7, 11) is 0. The molecule has 1 unspecified atom stereocenters. The Morgan fingerprint density at radius 1 is 1.25 bits per heavy atom. The average molecular weight is 288 g/mol. The van der Waals surface area contributed by atoms with Crippen molar-refractivity contribution in [3.8, 4) is 0 Å². The molecule has 1 saturated heterocycles. The average Bonchev–Trinajstić information content (AvgIpc) is 2.49. The minimum atomic E-state index is 0.462. The maximum Gasteiger partial charge on any atom is 0.0407 e. The van der Waals surface area contributed by atoms with E-state index in [1.165, 1.54) is 11.3 Å². The first-order valence-corrected chi connectivity index (χ1v) is 7.32. The van der Waals surface area contributed by atoms with Crippen molar-refractivity contribution < 1.29 is 0 Å². The molecule has 2 heterocycles. The van der Waals surface area contributed by atoms with E-state index in [0.29, 0.717) is 6.04 Å². The molecule has 0 saturated carbocycles. The summed E-state index contributed by atoms with van der Waals surface area (Å²) in [6, 6.07) is 12.7. The number of hydrogen-bond acceptors (Lipinski definition) is 3. The molecule has 104 valence electrons. The van der Waals surface area contributed by atoms with Gasteiger partial charge in [0.1, 0.15) is 0 Å². The first kappa shape index (κ1) is 13.4. The van der Waals surface area contributed by atoms with Crippen LogP contribution < -0.4 is 10.2 Å². The van der Waals surface area contributed by atoms with Gasteiger partial charge in [-0.1, -0.05) is 17.7 Å². The molecule has 0 bridgehead atoms. The number of nitrogens with zero attached hydrogens (tertiary/aromatic N) is 2. The largest absolute Gasteiger partial charge is 0.369 e. The highest BCUT2D eigenvalue weighted by molar-refractivity contribution is 6.30. The first-order chi connectivity index (χ1) is 9.81. The summed E-state index contributed by atoms with van der Waals surface area (Å²) in [6.45, 7) is 3.05. The first-order valence-electron chi connectivity index (χ1n) is 6.94. The van der Waals surface area contributed by atoms with Crippen molar-refractivity contribution in [2.75, 3.05) is 24.5 Å². The Labute approximate surface area is 124 Å². The van der Waals surface area contributed by atoms with Crippen LogP contribution in [0.1, 0.15) is 5.56 Å². The SMILES string of the molecule is Clc1ccc(N2CCNC(Cc3cccnc3)C2)cc1. The summed E-state index contributed by atoms with van der Waals surface area (Å²) in [4.78, 5) is 6.59. The zero-order chi connectivity index (χ0) is 13.8. The molecule has 1 aliphatic rings. The van der Waals surface area contributed by atoms with Gasteiger partial charge in [-0.2, -0.15) is 0 Å². The summed E-state index contributed by atoms with van der Waals surface area (Å²) < 4.78 is 0. The Balaban J connectivity index is 1.66. The van der Waals surface area contributed by atoms with Crippen LogP contribution in [0, 0.1) is 0 Å². The van der Waals surface area contributed by atoms with E-state index in [1.807, 2.05) is 30.6 Å². The van der Waals surface area contributed by atoms with Gasteiger partial charge >= 0.3 is 0 Å². The zero-order valence-corrected chi connectivity index (χ0v) is 12.1. The van der Waals surface area contributed by atoms with Crippen molar-refractivity contribution in [1.82, 2.24) is 10.3 Å². The third-order valence-electron chi connectivity index (χ3n) is 3.65. The lowest BCUT2D eigenvalue weighted by atomic mass is 10.1. The predicted molar refractivity (Wildman–Crippen MR) is 83.4 cm³/mol. The second-order valence-corrected chi connectivity index (χ2v) is 5.58. The fourth-order valence-electron chi connectivity index (χ4n) is 2.65. The number of pyridine rings is 1. The minimum absolute atomic E-state index is 0.462. The van der Waals surface area contributed by atoms with E-state index in [-0.39, 0.29) is 0 Å². The van der Waals surface area contributed by atoms with Crippen LogP contribution in [0.4, 0.5) is 5.69 Å². The predicted octanol–water partition coefficient (Wildman–Crippen LogP) is 2.76. The normalized spacial score (nSPS) is 19.1. The Kier molecular flexibility index (Phi) is 4.19. The van der Waals surface area contributed by atoms with Gasteiger partial charge < -0.3 is 10.2 Å². The number of rotatable bonds is 3. The van der Waals surface area contributed by atoms with Crippen LogP contribution in [-0.2, 0) is 6.42 Å². The smallest absolute Gasteiger partial charge is 0.0407 e. The van der Waals surface area contributed by atoms with E-state index < -0.39 is 0 Å². The van der Waals surface area contributed by atoms with Gasteiger partial charge in [-0.3, -0.25) is 4.98 Å². The Bertz CT molecular complexity index is 541. The van der Waals surface area contributed by atoms with Crippen molar-refractivity contribution >= 4 is 17.3 Å². The van der Waals surface area contributed by atoms with E-state index in [0.717, 1.165) is 31.1 Å². The van der Waals surface area contributed by atoms with Crippen molar-refractivity contribution in [1.29, 1.82) is 0 Å². The third kappa shape index (κ3) is 3.30. The number of anilines is 1. The molecule has 2 aromatic rings. The van der Waals surface area contributed by atoms with Gasteiger partial charge in [-0.15, -0.1) is 0 Å². The third-order valence-corrected chi connectivity index (χ3v) is 3.90. The summed E-state index contributed by atoms with van der Waals surface area (Å²) in [5.41, 5.74) is 2.52. The molecule has 0 spiro atoms. The van der Waals surface area contributed by atoms with Gasteiger partial charge in [0.2, 0.25) is 0 Å². The number of halogens is 1. The van der Waals surface area contributed by atoms with Gasteiger partial charge in [0.15, 0.2) is 0 Å². The molecule has 0 aliphatic carbocycles. The monoisotopic (exact) mass is 287 g/mol. The highest BCUT2D eigenvalue weighted by atomic mass is 35.5. The molecule has 4 heteroatoms. The number of piperazine rings is 1. The highest BCUT2D eigenvalue weighted by Crippen LogP contribution is 2.19. The van der Waals surface area contributed by atoms with Crippen LogP contribution >= 0.6 is 11.6 Å². The number of benzene rings is 1. The second-order valence-electron chi connectivity index (χ2n) is 5.14. The molecule has 0 amide bonds. The summed E-state index contributed by atoms with van der Waals surface area (Å²) in [6.07, 6.45) is 4.78. The molecule has 1 aliphatic heterocycles. The number of hydrogen-bond donors (Lipinski definition) is 1. The Morgan fingerprint density at radius 2 is 2.10 bits per heavy atom. The van der Waals surface area contributed by atoms with Crippen LogP contribution in [0.25, 0.3) is 0 Å². The maximum atomic E-state index is 5.95. The van der Waals surface area contributed by atoms with Crippen LogP contribution in [-0.4, -0.2) is 30.7 Å². The van der Waals surface area contributed by atoms with Gasteiger partial charge in [-0.05, 0) is 42.3 Å². The molecule has 1 fully saturated rings. The fraction of sp³-hybridized carbons (Fsp3) is 0.312. The summed E-state index contributed by atoms with van der Waals surface area (Å²) in [5, 5.41) is 4.37. The lowest BCUT2D eigenvalue weighted by molar-refractivity contribution is 0.454. The molecule has 3 rings (SSSR count). The van der Waals surface area contributed by atoms with Crippen LogP contribution in [0.15, 0.2) is 48.8 Å². The van der Waals surface area contributed by atoms with Crippen LogP contribution in [0.2, 0.25) is 5.02 Å². The standard InChI is InChI=1S/C16H18ClN3/c17-14-3-5-16(6-4-14)20-9-8-19-15(12-20)10-13-2-1-7-18-11-13/h1-7,11,15,19H,8-10,12H2. The maximum absolute atomic E-state index is 5.95. The second kappa shape index (κ2) is 6.25. The molecule has 0 radical (unpaired) electrons. The van der Waals surface area contributed by atoms with Gasteiger partial charge in [-0.25, -0.2) is 0 Å². The van der Waals surface area contributed by atoms with Gasteiger partial charge in [0.25, 0.3) is 0 Å². The Hall–Kier alpha value is -1.58. The molecular formula is C16H18ClN3.